The predicted molar refractivity (Wildman–Crippen MR) is 131 cm³/mol. The summed E-state index contributed by atoms with van der Waals surface area (Å²) in [6, 6.07) is 14.9. The molecule has 5 rings (SSSR count). The SMILES string of the molecule is CNc1ccc2c(c1)C(=O)OC21c2ccc(O)cc2Oc2cc(O)ccc21.O=C(O)CCNC=S. The van der Waals surface area contributed by atoms with Crippen molar-refractivity contribution < 1.29 is 34.4 Å². The Morgan fingerprint density at radius 2 is 1.60 bits per heavy atom. The van der Waals surface area contributed by atoms with Gasteiger partial charge >= 0.3 is 11.9 Å². The first-order chi connectivity index (χ1) is 16.8. The minimum absolute atomic E-state index is 0.0302. The summed E-state index contributed by atoms with van der Waals surface area (Å²) in [7, 11) is 1.78. The molecule has 0 amide bonds. The number of aromatic hydroxyl groups is 2. The van der Waals surface area contributed by atoms with Gasteiger partial charge in [-0.3, -0.25) is 4.79 Å². The van der Waals surface area contributed by atoms with Gasteiger partial charge in [0.1, 0.15) is 23.0 Å². The summed E-state index contributed by atoms with van der Waals surface area (Å²) in [6.45, 7) is 0.416. The number of phenolic OH excluding ortho intramolecular Hbond substituents is 2. The van der Waals surface area contributed by atoms with Crippen molar-refractivity contribution in [2.75, 3.05) is 18.9 Å². The molecular formula is C25H22N2O7S. The first-order valence-corrected chi connectivity index (χ1v) is 11.1. The van der Waals surface area contributed by atoms with E-state index in [1.165, 1.54) is 29.8 Å². The van der Waals surface area contributed by atoms with Crippen molar-refractivity contribution in [1.82, 2.24) is 5.32 Å². The molecule has 0 saturated heterocycles. The van der Waals surface area contributed by atoms with Crippen molar-refractivity contribution in [3.05, 3.63) is 76.9 Å². The minimum Gasteiger partial charge on any atom is -0.508 e. The van der Waals surface area contributed by atoms with Crippen LogP contribution in [0, 0.1) is 0 Å². The van der Waals surface area contributed by atoms with Crippen LogP contribution in [0.3, 0.4) is 0 Å². The highest BCUT2D eigenvalue weighted by Gasteiger charge is 2.53. The Bertz CT molecular complexity index is 1270. The molecule has 0 unspecified atom stereocenters. The maximum atomic E-state index is 12.8. The van der Waals surface area contributed by atoms with Gasteiger partial charge in [0.2, 0.25) is 0 Å². The number of fused-ring (bicyclic) bond motifs is 6. The first-order valence-electron chi connectivity index (χ1n) is 10.6. The molecule has 9 nitrogen and oxygen atoms in total. The maximum Gasteiger partial charge on any atom is 0.340 e. The van der Waals surface area contributed by atoms with E-state index < -0.39 is 17.5 Å². The second kappa shape index (κ2) is 9.51. The lowest BCUT2D eigenvalue weighted by Crippen LogP contribution is -2.32. The van der Waals surface area contributed by atoms with Gasteiger partial charge in [0.25, 0.3) is 0 Å². The van der Waals surface area contributed by atoms with Gasteiger partial charge < -0.3 is 35.4 Å². The van der Waals surface area contributed by atoms with Crippen LogP contribution in [0.5, 0.6) is 23.0 Å². The van der Waals surface area contributed by atoms with E-state index >= 15 is 0 Å². The topological polar surface area (TPSA) is 137 Å². The van der Waals surface area contributed by atoms with Gasteiger partial charge in [-0.15, -0.1) is 0 Å². The summed E-state index contributed by atoms with van der Waals surface area (Å²) in [5.41, 5.74) is 3.28. The lowest BCUT2D eigenvalue weighted by atomic mass is 9.77. The number of aliphatic carboxylic acids is 1. The Balaban J connectivity index is 0.000000314. The van der Waals surface area contributed by atoms with Crippen molar-refractivity contribution in [3.63, 3.8) is 0 Å². The average Bonchev–Trinajstić information content (AvgIpc) is 3.11. The average molecular weight is 495 g/mol. The van der Waals surface area contributed by atoms with Gasteiger partial charge in [0, 0.05) is 48.1 Å². The lowest BCUT2D eigenvalue weighted by molar-refractivity contribution is -0.136. The van der Waals surface area contributed by atoms with Crippen molar-refractivity contribution in [2.24, 2.45) is 0 Å². The number of rotatable bonds is 5. The Hall–Kier alpha value is -4.31. The third-order valence-corrected chi connectivity index (χ3v) is 5.80. The molecule has 0 aromatic heterocycles. The fraction of sp³-hybridized carbons (Fsp3) is 0.160. The van der Waals surface area contributed by atoms with Gasteiger partial charge in [0.15, 0.2) is 5.60 Å². The quantitative estimate of drug-likeness (QED) is 0.203. The number of hydrogen-bond acceptors (Lipinski definition) is 8. The molecule has 35 heavy (non-hydrogen) atoms. The number of anilines is 1. The molecule has 180 valence electrons. The van der Waals surface area contributed by atoms with Crippen molar-refractivity contribution in [1.29, 1.82) is 0 Å². The van der Waals surface area contributed by atoms with E-state index in [9.17, 15) is 19.8 Å². The van der Waals surface area contributed by atoms with Crippen molar-refractivity contribution in [2.45, 2.75) is 12.0 Å². The molecule has 10 heteroatoms. The normalized spacial score (nSPS) is 13.7. The van der Waals surface area contributed by atoms with E-state index in [4.69, 9.17) is 14.6 Å². The number of thiocarbonyl (C=S) groups is 1. The second-order valence-electron chi connectivity index (χ2n) is 7.76. The fourth-order valence-corrected chi connectivity index (χ4v) is 4.22. The molecule has 0 aliphatic carbocycles. The summed E-state index contributed by atoms with van der Waals surface area (Å²) in [4.78, 5) is 22.6. The summed E-state index contributed by atoms with van der Waals surface area (Å²) < 4.78 is 11.9. The van der Waals surface area contributed by atoms with Crippen LogP contribution >= 0.6 is 12.2 Å². The molecule has 0 saturated carbocycles. The zero-order valence-corrected chi connectivity index (χ0v) is 19.4. The van der Waals surface area contributed by atoms with Gasteiger partial charge in [-0.05, 0) is 36.4 Å². The number of carboxylic acid groups (broad SMARTS) is 1. The summed E-state index contributed by atoms with van der Waals surface area (Å²) in [5, 5.41) is 33.4. The third kappa shape index (κ3) is 4.31. The minimum atomic E-state index is -1.21. The van der Waals surface area contributed by atoms with E-state index in [1.54, 1.807) is 25.2 Å². The molecular weight excluding hydrogens is 472 g/mol. The van der Waals surface area contributed by atoms with Crippen LogP contribution in [-0.4, -0.2) is 46.3 Å². The van der Waals surface area contributed by atoms with Crippen molar-refractivity contribution >= 4 is 35.3 Å². The Kier molecular flexibility index (Phi) is 6.48. The number of esters is 1. The monoisotopic (exact) mass is 494 g/mol. The molecule has 2 aliphatic heterocycles. The van der Waals surface area contributed by atoms with Crippen LogP contribution in [0.15, 0.2) is 54.6 Å². The van der Waals surface area contributed by atoms with Crippen LogP contribution in [0.2, 0.25) is 0 Å². The number of benzene rings is 3. The molecule has 5 N–H and O–H groups in total. The number of carbonyl (C=O) groups excluding carboxylic acids is 1. The molecule has 0 fully saturated rings. The highest BCUT2D eigenvalue weighted by molar-refractivity contribution is 7.78. The summed E-state index contributed by atoms with van der Waals surface area (Å²) >= 11 is 4.37. The number of ether oxygens (including phenoxy) is 2. The van der Waals surface area contributed by atoms with Gasteiger partial charge in [-0.25, -0.2) is 4.79 Å². The smallest absolute Gasteiger partial charge is 0.340 e. The van der Waals surface area contributed by atoms with Gasteiger partial charge in [0.05, 0.1) is 17.5 Å². The van der Waals surface area contributed by atoms with Crippen LogP contribution in [0.4, 0.5) is 5.69 Å². The lowest BCUT2D eigenvalue weighted by Gasteiger charge is -2.36. The van der Waals surface area contributed by atoms with E-state index in [0.717, 1.165) is 5.69 Å². The first kappa shape index (κ1) is 23.8. The Labute approximate surface area is 205 Å². The predicted octanol–water partition coefficient (Wildman–Crippen LogP) is 3.72. The number of phenols is 2. The van der Waals surface area contributed by atoms with Crippen LogP contribution < -0.4 is 15.4 Å². The molecule has 2 aliphatic rings. The fourth-order valence-electron chi connectivity index (χ4n) is 4.10. The maximum absolute atomic E-state index is 12.8. The summed E-state index contributed by atoms with van der Waals surface area (Å²) in [5.74, 6) is -0.459. The highest BCUT2D eigenvalue weighted by atomic mass is 32.1. The van der Waals surface area contributed by atoms with Gasteiger partial charge in [-0.2, -0.15) is 0 Å². The molecule has 0 bridgehead atoms. The van der Waals surface area contributed by atoms with Crippen LogP contribution in [0.25, 0.3) is 0 Å². The third-order valence-electron chi connectivity index (χ3n) is 5.63. The van der Waals surface area contributed by atoms with E-state index in [2.05, 4.69) is 22.9 Å². The summed E-state index contributed by atoms with van der Waals surface area (Å²) in [6.07, 6.45) is 0.118. The Morgan fingerprint density at radius 1 is 1.00 bits per heavy atom. The van der Waals surface area contributed by atoms with Crippen molar-refractivity contribution in [3.8, 4) is 23.0 Å². The standard InChI is InChI=1S/C21H15NO5.C4H7NO2S/c1-22-11-2-5-15-14(8-11)20(25)27-21(15)16-6-3-12(23)9-18(16)26-19-10-13(24)4-7-17(19)21;6-4(7)1-2-5-3-8/h2-10,22-24H,1H3;3H,1-2H2,(H,5,8)(H,6,7). The molecule has 3 aromatic carbocycles. The molecule has 0 atom stereocenters. The number of carboxylic acids is 1. The molecule has 2 heterocycles. The van der Waals surface area contributed by atoms with Gasteiger partial charge in [-0.1, -0.05) is 18.3 Å². The number of nitrogens with one attached hydrogen (secondary N) is 2. The molecule has 1 spiro atoms. The Morgan fingerprint density at radius 3 is 2.14 bits per heavy atom. The second-order valence-corrected chi connectivity index (χ2v) is 8.00. The number of hydrogen-bond donors (Lipinski definition) is 5. The van der Waals surface area contributed by atoms with Crippen LogP contribution in [-0.2, 0) is 15.1 Å². The molecule has 0 radical (unpaired) electrons. The highest BCUT2D eigenvalue weighted by Crippen LogP contribution is 2.57. The largest absolute Gasteiger partial charge is 0.508 e. The zero-order valence-electron chi connectivity index (χ0n) is 18.6. The van der Waals surface area contributed by atoms with Crippen LogP contribution in [0.1, 0.15) is 33.5 Å². The number of carbonyl (C=O) groups is 2. The van der Waals surface area contributed by atoms with E-state index in [-0.39, 0.29) is 17.9 Å². The molecule has 3 aromatic rings. The zero-order chi connectivity index (χ0) is 25.2. The van der Waals surface area contributed by atoms with E-state index in [1.807, 2.05) is 12.1 Å². The van der Waals surface area contributed by atoms with E-state index in [0.29, 0.717) is 40.3 Å².